The number of amides is 2. The first-order valence-corrected chi connectivity index (χ1v) is 6.31. The number of unbranched alkanes of at least 4 members (excludes halogenated alkanes) is 2. The number of aliphatic carboxylic acids is 1. The molecule has 0 aliphatic heterocycles. The summed E-state index contributed by atoms with van der Waals surface area (Å²) >= 11 is 0. The third-order valence-electron chi connectivity index (χ3n) is 2.56. The molecule has 0 aliphatic rings. The Morgan fingerprint density at radius 3 is 2.53 bits per heavy atom. The van der Waals surface area contributed by atoms with Gasteiger partial charge < -0.3 is 15.7 Å². The number of rotatable bonds is 8. The van der Waals surface area contributed by atoms with Crippen molar-refractivity contribution in [1.82, 2.24) is 15.6 Å². The SMILES string of the molecule is O=C(O)CCCCCNC(=O)NCc1ccncc1. The number of pyridine rings is 1. The molecule has 0 aromatic carbocycles. The van der Waals surface area contributed by atoms with Crippen molar-refractivity contribution in [2.75, 3.05) is 6.54 Å². The summed E-state index contributed by atoms with van der Waals surface area (Å²) in [5.41, 5.74) is 0.992. The highest BCUT2D eigenvalue weighted by molar-refractivity contribution is 5.73. The third kappa shape index (κ3) is 7.75. The second-order valence-corrected chi connectivity index (χ2v) is 4.17. The number of aromatic nitrogens is 1. The number of carbonyl (C=O) groups is 2. The molecule has 19 heavy (non-hydrogen) atoms. The van der Waals surface area contributed by atoms with E-state index in [9.17, 15) is 9.59 Å². The predicted octanol–water partition coefficient (Wildman–Crippen LogP) is 1.53. The van der Waals surface area contributed by atoms with Crippen LogP contribution in [-0.4, -0.2) is 28.6 Å². The van der Waals surface area contributed by atoms with E-state index in [1.807, 2.05) is 12.1 Å². The van der Waals surface area contributed by atoms with E-state index in [0.29, 0.717) is 19.5 Å². The Kier molecular flexibility index (Phi) is 7.01. The van der Waals surface area contributed by atoms with Gasteiger partial charge in [0.25, 0.3) is 0 Å². The van der Waals surface area contributed by atoms with Gasteiger partial charge in [0.2, 0.25) is 0 Å². The number of hydrogen-bond acceptors (Lipinski definition) is 3. The fraction of sp³-hybridized carbons (Fsp3) is 0.462. The first kappa shape index (κ1) is 14.9. The summed E-state index contributed by atoms with van der Waals surface area (Å²) in [5.74, 6) is -0.775. The number of carboxylic acids is 1. The zero-order valence-electron chi connectivity index (χ0n) is 10.8. The second kappa shape index (κ2) is 8.91. The van der Waals surface area contributed by atoms with Crippen LogP contribution in [0.2, 0.25) is 0 Å². The number of nitrogens with zero attached hydrogens (tertiary/aromatic N) is 1. The van der Waals surface area contributed by atoms with Gasteiger partial charge in [0.1, 0.15) is 0 Å². The summed E-state index contributed by atoms with van der Waals surface area (Å²) in [7, 11) is 0. The van der Waals surface area contributed by atoms with Crippen LogP contribution in [0.4, 0.5) is 4.79 Å². The van der Waals surface area contributed by atoms with Crippen molar-refractivity contribution in [2.24, 2.45) is 0 Å². The molecule has 0 spiro atoms. The van der Waals surface area contributed by atoms with E-state index in [1.54, 1.807) is 12.4 Å². The Labute approximate surface area is 112 Å². The van der Waals surface area contributed by atoms with Crippen molar-refractivity contribution >= 4 is 12.0 Å². The third-order valence-corrected chi connectivity index (χ3v) is 2.56. The summed E-state index contributed by atoms with van der Waals surface area (Å²) in [6.45, 7) is 1.02. The molecule has 2 amide bonds. The van der Waals surface area contributed by atoms with Crippen LogP contribution in [0.25, 0.3) is 0 Å². The van der Waals surface area contributed by atoms with E-state index in [-0.39, 0.29) is 12.5 Å². The molecule has 1 aromatic rings. The zero-order valence-corrected chi connectivity index (χ0v) is 10.8. The lowest BCUT2D eigenvalue weighted by atomic mass is 10.2. The Morgan fingerprint density at radius 2 is 1.84 bits per heavy atom. The van der Waals surface area contributed by atoms with Crippen molar-refractivity contribution in [3.63, 3.8) is 0 Å². The van der Waals surface area contributed by atoms with Crippen LogP contribution in [0.3, 0.4) is 0 Å². The van der Waals surface area contributed by atoms with E-state index in [2.05, 4.69) is 15.6 Å². The average molecular weight is 265 g/mol. The highest BCUT2D eigenvalue weighted by Crippen LogP contribution is 1.98. The van der Waals surface area contributed by atoms with Gasteiger partial charge in [-0.2, -0.15) is 0 Å². The van der Waals surface area contributed by atoms with Gasteiger partial charge in [-0.15, -0.1) is 0 Å². The minimum Gasteiger partial charge on any atom is -0.481 e. The maximum absolute atomic E-state index is 11.4. The van der Waals surface area contributed by atoms with E-state index in [1.165, 1.54) is 0 Å². The monoisotopic (exact) mass is 265 g/mol. The average Bonchev–Trinajstić information content (AvgIpc) is 2.41. The molecule has 0 fully saturated rings. The molecule has 0 radical (unpaired) electrons. The molecule has 6 heteroatoms. The largest absolute Gasteiger partial charge is 0.481 e. The maximum atomic E-state index is 11.4. The summed E-state index contributed by atoms with van der Waals surface area (Å²) in [4.78, 5) is 25.6. The minimum atomic E-state index is -0.775. The molecule has 0 saturated heterocycles. The quantitative estimate of drug-likeness (QED) is 0.621. The van der Waals surface area contributed by atoms with Crippen molar-refractivity contribution in [3.8, 4) is 0 Å². The molecule has 0 saturated carbocycles. The molecule has 1 aromatic heterocycles. The molecular formula is C13H19N3O3. The summed E-state index contributed by atoms with van der Waals surface area (Å²) in [5, 5.41) is 13.9. The standard InChI is InChI=1S/C13H19N3O3/c17-12(18)4-2-1-3-7-15-13(19)16-10-11-5-8-14-9-6-11/h5-6,8-9H,1-4,7,10H2,(H,17,18)(H2,15,16,19). The van der Waals surface area contributed by atoms with Crippen molar-refractivity contribution in [3.05, 3.63) is 30.1 Å². The Hall–Kier alpha value is -2.11. The molecule has 0 bridgehead atoms. The number of hydrogen-bond donors (Lipinski definition) is 3. The van der Waals surface area contributed by atoms with Crippen LogP contribution in [0.15, 0.2) is 24.5 Å². The first-order valence-electron chi connectivity index (χ1n) is 6.31. The molecular weight excluding hydrogens is 246 g/mol. The molecule has 0 unspecified atom stereocenters. The highest BCUT2D eigenvalue weighted by Gasteiger charge is 2.00. The smallest absolute Gasteiger partial charge is 0.315 e. The van der Waals surface area contributed by atoms with E-state index < -0.39 is 5.97 Å². The van der Waals surface area contributed by atoms with E-state index in [0.717, 1.165) is 18.4 Å². The lowest BCUT2D eigenvalue weighted by Gasteiger charge is -2.07. The number of nitrogens with one attached hydrogen (secondary N) is 2. The lowest BCUT2D eigenvalue weighted by Crippen LogP contribution is -2.35. The number of urea groups is 1. The second-order valence-electron chi connectivity index (χ2n) is 4.17. The predicted molar refractivity (Wildman–Crippen MR) is 70.6 cm³/mol. The number of carboxylic acid groups (broad SMARTS) is 1. The Balaban J connectivity index is 2.01. The van der Waals surface area contributed by atoms with Crippen molar-refractivity contribution < 1.29 is 14.7 Å². The van der Waals surface area contributed by atoms with Crippen LogP contribution in [0.1, 0.15) is 31.2 Å². The first-order chi connectivity index (χ1) is 9.18. The summed E-state index contributed by atoms with van der Waals surface area (Å²) < 4.78 is 0. The van der Waals surface area contributed by atoms with Gasteiger partial charge in [-0.3, -0.25) is 9.78 Å². The van der Waals surface area contributed by atoms with Gasteiger partial charge in [0.05, 0.1) is 0 Å². The van der Waals surface area contributed by atoms with Gasteiger partial charge in [0.15, 0.2) is 0 Å². The van der Waals surface area contributed by atoms with Gasteiger partial charge in [-0.05, 0) is 30.5 Å². The van der Waals surface area contributed by atoms with Gasteiger partial charge in [-0.25, -0.2) is 4.79 Å². The fourth-order valence-electron chi connectivity index (χ4n) is 1.53. The van der Waals surface area contributed by atoms with Crippen molar-refractivity contribution in [1.29, 1.82) is 0 Å². The molecule has 3 N–H and O–H groups in total. The molecule has 0 aliphatic carbocycles. The van der Waals surface area contributed by atoms with Gasteiger partial charge in [0, 0.05) is 31.9 Å². The fourth-order valence-corrected chi connectivity index (χ4v) is 1.53. The van der Waals surface area contributed by atoms with E-state index in [4.69, 9.17) is 5.11 Å². The topological polar surface area (TPSA) is 91.3 Å². The molecule has 104 valence electrons. The molecule has 6 nitrogen and oxygen atoms in total. The van der Waals surface area contributed by atoms with Crippen LogP contribution in [0, 0.1) is 0 Å². The molecule has 0 atom stereocenters. The Morgan fingerprint density at radius 1 is 1.11 bits per heavy atom. The van der Waals surface area contributed by atoms with Gasteiger partial charge in [-0.1, -0.05) is 6.42 Å². The van der Waals surface area contributed by atoms with Crippen molar-refractivity contribution in [2.45, 2.75) is 32.2 Å². The lowest BCUT2D eigenvalue weighted by molar-refractivity contribution is -0.137. The van der Waals surface area contributed by atoms with Crippen LogP contribution in [-0.2, 0) is 11.3 Å². The van der Waals surface area contributed by atoms with E-state index >= 15 is 0 Å². The highest BCUT2D eigenvalue weighted by atomic mass is 16.4. The van der Waals surface area contributed by atoms with Crippen LogP contribution >= 0.6 is 0 Å². The molecule has 1 rings (SSSR count). The maximum Gasteiger partial charge on any atom is 0.315 e. The summed E-state index contributed by atoms with van der Waals surface area (Å²) in [6.07, 6.45) is 5.78. The normalized spacial score (nSPS) is 9.89. The Bertz CT molecular complexity index is 395. The minimum absolute atomic E-state index is 0.189. The zero-order chi connectivity index (χ0) is 13.9. The van der Waals surface area contributed by atoms with Crippen LogP contribution < -0.4 is 10.6 Å². The number of carbonyl (C=O) groups excluding carboxylic acids is 1. The summed E-state index contributed by atoms with van der Waals surface area (Å²) in [6, 6.07) is 3.47. The van der Waals surface area contributed by atoms with Crippen LogP contribution in [0.5, 0.6) is 0 Å². The molecule has 1 heterocycles. The van der Waals surface area contributed by atoms with Gasteiger partial charge >= 0.3 is 12.0 Å².